The van der Waals surface area contributed by atoms with Gasteiger partial charge in [0.2, 0.25) is 0 Å². The predicted octanol–water partition coefficient (Wildman–Crippen LogP) is 3.31. The maximum absolute atomic E-state index is 13.4. The Bertz CT molecular complexity index is 891. The number of benzene rings is 1. The van der Waals surface area contributed by atoms with E-state index in [1.54, 1.807) is 24.4 Å². The maximum Gasteiger partial charge on any atom is 0.257 e. The monoisotopic (exact) mass is 423 g/mol. The molecule has 31 heavy (non-hydrogen) atoms. The van der Waals surface area contributed by atoms with E-state index in [0.29, 0.717) is 35.7 Å². The quantitative estimate of drug-likeness (QED) is 0.681. The minimum atomic E-state index is -0.214. The summed E-state index contributed by atoms with van der Waals surface area (Å²) in [4.78, 5) is 34.7. The van der Waals surface area contributed by atoms with Gasteiger partial charge in [0.15, 0.2) is 0 Å². The van der Waals surface area contributed by atoms with Crippen LogP contribution in [-0.2, 0) is 0 Å². The van der Waals surface area contributed by atoms with Gasteiger partial charge in [0.05, 0.1) is 17.4 Å². The molecule has 2 heterocycles. The lowest BCUT2D eigenvalue weighted by Gasteiger charge is -2.31. The zero-order chi connectivity index (χ0) is 22.2. The lowest BCUT2D eigenvalue weighted by molar-refractivity contribution is 0.0762. The van der Waals surface area contributed by atoms with Crippen molar-refractivity contribution in [3.05, 3.63) is 53.2 Å². The molecule has 7 nitrogen and oxygen atoms in total. The second-order valence-corrected chi connectivity index (χ2v) is 7.89. The number of anilines is 2. The smallest absolute Gasteiger partial charge is 0.257 e. The van der Waals surface area contributed by atoms with Crippen molar-refractivity contribution in [3.63, 3.8) is 0 Å². The molecular formula is C24H33N5O2. The fourth-order valence-electron chi connectivity index (χ4n) is 3.64. The molecule has 0 bridgehead atoms. The molecule has 0 spiro atoms. The zero-order valence-corrected chi connectivity index (χ0v) is 18.8. The van der Waals surface area contributed by atoms with Crippen LogP contribution in [0.4, 0.5) is 11.5 Å². The van der Waals surface area contributed by atoms with E-state index in [1.807, 2.05) is 30.9 Å². The van der Waals surface area contributed by atoms with Gasteiger partial charge in [-0.3, -0.25) is 9.59 Å². The van der Waals surface area contributed by atoms with Crippen LogP contribution in [0.5, 0.6) is 0 Å². The van der Waals surface area contributed by atoms with Crippen LogP contribution < -0.4 is 15.5 Å². The first kappa shape index (κ1) is 22.7. The van der Waals surface area contributed by atoms with Crippen LogP contribution in [0.3, 0.4) is 0 Å². The Morgan fingerprint density at radius 2 is 1.87 bits per heavy atom. The van der Waals surface area contributed by atoms with Gasteiger partial charge in [0.25, 0.3) is 11.8 Å². The van der Waals surface area contributed by atoms with Crippen molar-refractivity contribution >= 4 is 23.3 Å². The van der Waals surface area contributed by atoms with Gasteiger partial charge in [0, 0.05) is 44.8 Å². The summed E-state index contributed by atoms with van der Waals surface area (Å²) < 4.78 is 0. The standard InChI is InChI=1S/C24H33N5O2/c1-4-6-13-28(5-2)24(31)21-16-20(17-26-22(21)29-14-11-25-12-15-29)27-23(30)19-9-7-18(3)8-10-19/h7-10,16-17,25H,4-6,11-15H2,1-3H3,(H,27,30). The molecule has 1 aromatic carbocycles. The number of nitrogens with zero attached hydrogens (tertiary/aromatic N) is 3. The molecule has 0 unspecified atom stereocenters. The van der Waals surface area contributed by atoms with Gasteiger partial charge < -0.3 is 20.4 Å². The second-order valence-electron chi connectivity index (χ2n) is 7.89. The molecular weight excluding hydrogens is 390 g/mol. The van der Waals surface area contributed by atoms with Gasteiger partial charge in [-0.2, -0.15) is 0 Å². The molecule has 2 aromatic rings. The maximum atomic E-state index is 13.4. The first-order valence-electron chi connectivity index (χ1n) is 11.2. The summed E-state index contributed by atoms with van der Waals surface area (Å²) in [6.07, 6.45) is 3.63. The highest BCUT2D eigenvalue weighted by molar-refractivity contribution is 6.06. The SMILES string of the molecule is CCCCN(CC)C(=O)c1cc(NC(=O)c2ccc(C)cc2)cnc1N1CCNCC1. The Morgan fingerprint density at radius 3 is 2.52 bits per heavy atom. The number of hydrogen-bond donors (Lipinski definition) is 2. The van der Waals surface area contributed by atoms with E-state index in [2.05, 4.69) is 27.4 Å². The molecule has 1 fully saturated rings. The number of unbranched alkanes of at least 4 members (excludes halogenated alkanes) is 1. The summed E-state index contributed by atoms with van der Waals surface area (Å²) in [5, 5.41) is 6.23. The second kappa shape index (κ2) is 10.9. The van der Waals surface area contributed by atoms with Crippen molar-refractivity contribution in [3.8, 4) is 0 Å². The molecule has 1 saturated heterocycles. The van der Waals surface area contributed by atoms with Crippen LogP contribution >= 0.6 is 0 Å². The Kier molecular flexibility index (Phi) is 8.00. The van der Waals surface area contributed by atoms with E-state index in [9.17, 15) is 9.59 Å². The van der Waals surface area contributed by atoms with Crippen molar-refractivity contribution in [2.45, 2.75) is 33.6 Å². The van der Waals surface area contributed by atoms with Crippen molar-refractivity contribution in [2.24, 2.45) is 0 Å². The number of carbonyl (C=O) groups is 2. The summed E-state index contributed by atoms with van der Waals surface area (Å²) in [6, 6.07) is 9.17. The number of aryl methyl sites for hydroxylation is 1. The van der Waals surface area contributed by atoms with Crippen molar-refractivity contribution in [2.75, 3.05) is 49.5 Å². The molecule has 1 aromatic heterocycles. The fourth-order valence-corrected chi connectivity index (χ4v) is 3.64. The molecule has 0 aliphatic carbocycles. The number of aromatic nitrogens is 1. The number of rotatable bonds is 8. The summed E-state index contributed by atoms with van der Waals surface area (Å²) in [7, 11) is 0. The summed E-state index contributed by atoms with van der Waals surface area (Å²) in [6.45, 7) is 10.8. The summed E-state index contributed by atoms with van der Waals surface area (Å²) in [5.41, 5.74) is 2.74. The van der Waals surface area contributed by atoms with Gasteiger partial charge in [0.1, 0.15) is 5.82 Å². The van der Waals surface area contributed by atoms with Crippen molar-refractivity contribution in [1.29, 1.82) is 0 Å². The van der Waals surface area contributed by atoms with E-state index < -0.39 is 0 Å². The first-order chi connectivity index (χ1) is 15.0. The number of pyridine rings is 1. The van der Waals surface area contributed by atoms with Gasteiger partial charge in [-0.15, -0.1) is 0 Å². The van der Waals surface area contributed by atoms with Crippen LogP contribution in [0.15, 0.2) is 36.5 Å². The average molecular weight is 424 g/mol. The highest BCUT2D eigenvalue weighted by Crippen LogP contribution is 2.24. The van der Waals surface area contributed by atoms with E-state index in [0.717, 1.165) is 44.6 Å². The molecule has 7 heteroatoms. The minimum absolute atomic E-state index is 0.0385. The number of piperazine rings is 1. The van der Waals surface area contributed by atoms with Gasteiger partial charge >= 0.3 is 0 Å². The van der Waals surface area contributed by atoms with Gasteiger partial charge in [-0.25, -0.2) is 4.98 Å². The largest absolute Gasteiger partial charge is 0.353 e. The number of hydrogen-bond acceptors (Lipinski definition) is 5. The molecule has 3 rings (SSSR count). The normalized spacial score (nSPS) is 13.7. The highest BCUT2D eigenvalue weighted by atomic mass is 16.2. The van der Waals surface area contributed by atoms with Crippen LogP contribution in [-0.4, -0.2) is 61.0 Å². The molecule has 0 atom stereocenters. The lowest BCUT2D eigenvalue weighted by Crippen LogP contribution is -2.45. The van der Waals surface area contributed by atoms with Crippen LogP contribution in [0, 0.1) is 6.92 Å². The Balaban J connectivity index is 1.89. The third-order valence-corrected chi connectivity index (χ3v) is 5.54. The van der Waals surface area contributed by atoms with Gasteiger partial charge in [-0.05, 0) is 38.5 Å². The fraction of sp³-hybridized carbons (Fsp3) is 0.458. The number of nitrogens with one attached hydrogen (secondary N) is 2. The van der Waals surface area contributed by atoms with E-state index in [1.165, 1.54) is 0 Å². The number of amides is 2. The topological polar surface area (TPSA) is 77.6 Å². The van der Waals surface area contributed by atoms with Crippen LogP contribution in [0.1, 0.15) is 53.0 Å². The molecule has 1 aliphatic rings. The Morgan fingerprint density at radius 1 is 1.16 bits per heavy atom. The molecule has 2 N–H and O–H groups in total. The average Bonchev–Trinajstić information content (AvgIpc) is 2.80. The predicted molar refractivity (Wildman–Crippen MR) is 125 cm³/mol. The minimum Gasteiger partial charge on any atom is -0.353 e. The Labute approximate surface area is 184 Å². The molecule has 1 aliphatic heterocycles. The third-order valence-electron chi connectivity index (χ3n) is 5.54. The van der Waals surface area contributed by atoms with Gasteiger partial charge in [-0.1, -0.05) is 31.0 Å². The summed E-state index contributed by atoms with van der Waals surface area (Å²) >= 11 is 0. The summed E-state index contributed by atoms with van der Waals surface area (Å²) in [5.74, 6) is 0.437. The van der Waals surface area contributed by atoms with Crippen LogP contribution in [0.25, 0.3) is 0 Å². The number of carbonyl (C=O) groups excluding carboxylic acids is 2. The van der Waals surface area contributed by atoms with Crippen molar-refractivity contribution in [1.82, 2.24) is 15.2 Å². The van der Waals surface area contributed by atoms with Crippen LogP contribution in [0.2, 0.25) is 0 Å². The molecule has 0 saturated carbocycles. The third kappa shape index (κ3) is 5.82. The Hall–Kier alpha value is -2.93. The van der Waals surface area contributed by atoms with Crippen molar-refractivity contribution < 1.29 is 9.59 Å². The van der Waals surface area contributed by atoms with E-state index >= 15 is 0 Å². The molecule has 2 amide bonds. The first-order valence-corrected chi connectivity index (χ1v) is 11.2. The molecule has 166 valence electrons. The van der Waals surface area contributed by atoms with E-state index in [-0.39, 0.29) is 11.8 Å². The molecule has 0 radical (unpaired) electrons. The lowest BCUT2D eigenvalue weighted by atomic mass is 10.1. The zero-order valence-electron chi connectivity index (χ0n) is 18.8. The highest BCUT2D eigenvalue weighted by Gasteiger charge is 2.24. The van der Waals surface area contributed by atoms with E-state index in [4.69, 9.17) is 0 Å².